The molecule has 1 fully saturated rings. The van der Waals surface area contributed by atoms with Gasteiger partial charge < -0.3 is 15.2 Å². The first-order chi connectivity index (χ1) is 6.49. The van der Waals surface area contributed by atoms with Gasteiger partial charge in [0.25, 0.3) is 0 Å². The van der Waals surface area contributed by atoms with Gasteiger partial charge in [-0.05, 0) is 33.2 Å². The molecular formula is C10H19NO3. The molecule has 1 atom stereocenters. The zero-order valence-electron chi connectivity index (χ0n) is 8.88. The van der Waals surface area contributed by atoms with Crippen molar-refractivity contribution in [2.45, 2.75) is 32.3 Å². The molecule has 14 heavy (non-hydrogen) atoms. The van der Waals surface area contributed by atoms with Gasteiger partial charge in [0.15, 0.2) is 0 Å². The summed E-state index contributed by atoms with van der Waals surface area (Å²) in [5.74, 6) is -0.231. The Labute approximate surface area is 84.6 Å². The van der Waals surface area contributed by atoms with Crippen molar-refractivity contribution in [3.63, 3.8) is 0 Å². The number of esters is 1. The van der Waals surface area contributed by atoms with Crippen molar-refractivity contribution in [1.29, 1.82) is 0 Å². The van der Waals surface area contributed by atoms with E-state index < -0.39 is 5.60 Å². The van der Waals surface area contributed by atoms with Crippen LogP contribution in [0.1, 0.15) is 26.7 Å². The summed E-state index contributed by atoms with van der Waals surface area (Å²) in [6.07, 6.45) is 1.90. The van der Waals surface area contributed by atoms with Gasteiger partial charge in [0.2, 0.25) is 0 Å². The van der Waals surface area contributed by atoms with E-state index in [0.29, 0.717) is 6.54 Å². The smallest absolute Gasteiger partial charge is 0.310 e. The Balaban J connectivity index is 2.27. The average molecular weight is 201 g/mol. The van der Waals surface area contributed by atoms with Gasteiger partial charge in [-0.25, -0.2) is 0 Å². The molecule has 0 aromatic rings. The standard InChI is InChI=1S/C10H19NO3/c1-10(2,13)7-14-9(12)8-4-3-5-11-6-8/h8,11,13H,3-7H2,1-2H3. The molecule has 1 aliphatic rings. The molecule has 1 saturated heterocycles. The lowest BCUT2D eigenvalue weighted by atomic mass is 10.00. The second-order valence-corrected chi connectivity index (χ2v) is 4.46. The van der Waals surface area contributed by atoms with Gasteiger partial charge in [-0.1, -0.05) is 0 Å². The maximum absolute atomic E-state index is 11.5. The molecule has 0 bridgehead atoms. The van der Waals surface area contributed by atoms with Crippen LogP contribution in [0.25, 0.3) is 0 Å². The summed E-state index contributed by atoms with van der Waals surface area (Å²) in [6, 6.07) is 0. The molecule has 0 spiro atoms. The second kappa shape index (κ2) is 4.75. The van der Waals surface area contributed by atoms with E-state index in [0.717, 1.165) is 19.4 Å². The van der Waals surface area contributed by atoms with Gasteiger partial charge in [0, 0.05) is 6.54 Å². The average Bonchev–Trinajstić information content (AvgIpc) is 2.14. The maximum Gasteiger partial charge on any atom is 0.310 e. The van der Waals surface area contributed by atoms with Crippen LogP contribution in [-0.4, -0.2) is 36.4 Å². The summed E-state index contributed by atoms with van der Waals surface area (Å²) in [7, 11) is 0. The van der Waals surface area contributed by atoms with Crippen LogP contribution in [-0.2, 0) is 9.53 Å². The Morgan fingerprint density at radius 2 is 2.36 bits per heavy atom. The van der Waals surface area contributed by atoms with E-state index in [4.69, 9.17) is 4.74 Å². The van der Waals surface area contributed by atoms with E-state index in [1.54, 1.807) is 13.8 Å². The van der Waals surface area contributed by atoms with Crippen molar-refractivity contribution < 1.29 is 14.6 Å². The number of aliphatic hydroxyl groups is 1. The predicted molar refractivity (Wildman–Crippen MR) is 52.9 cm³/mol. The molecule has 4 heteroatoms. The van der Waals surface area contributed by atoms with Gasteiger partial charge in [-0.2, -0.15) is 0 Å². The van der Waals surface area contributed by atoms with Gasteiger partial charge in [0.05, 0.1) is 11.5 Å². The highest BCUT2D eigenvalue weighted by atomic mass is 16.5. The van der Waals surface area contributed by atoms with E-state index in [9.17, 15) is 9.90 Å². The van der Waals surface area contributed by atoms with Crippen molar-refractivity contribution in [2.75, 3.05) is 19.7 Å². The Morgan fingerprint density at radius 3 is 2.86 bits per heavy atom. The molecule has 0 radical (unpaired) electrons. The van der Waals surface area contributed by atoms with Crippen LogP contribution in [0, 0.1) is 5.92 Å². The van der Waals surface area contributed by atoms with E-state index in [-0.39, 0.29) is 18.5 Å². The summed E-state index contributed by atoms with van der Waals surface area (Å²) in [5.41, 5.74) is -0.933. The van der Waals surface area contributed by atoms with Crippen LogP contribution in [0.5, 0.6) is 0 Å². The molecule has 82 valence electrons. The van der Waals surface area contributed by atoms with Gasteiger partial charge in [-0.3, -0.25) is 4.79 Å². The first kappa shape index (κ1) is 11.5. The van der Waals surface area contributed by atoms with E-state index in [2.05, 4.69) is 5.32 Å². The number of rotatable bonds is 3. The highest BCUT2D eigenvalue weighted by Crippen LogP contribution is 2.12. The molecule has 1 heterocycles. The van der Waals surface area contributed by atoms with Gasteiger partial charge in [0.1, 0.15) is 6.61 Å². The molecule has 0 amide bonds. The Kier molecular flexibility index (Phi) is 3.89. The summed E-state index contributed by atoms with van der Waals surface area (Å²) in [5, 5.41) is 12.5. The number of hydrogen-bond acceptors (Lipinski definition) is 4. The lowest BCUT2D eigenvalue weighted by molar-refractivity contribution is -0.155. The minimum absolute atomic E-state index is 0.0360. The molecule has 2 N–H and O–H groups in total. The third-order valence-corrected chi connectivity index (χ3v) is 2.20. The molecule has 4 nitrogen and oxygen atoms in total. The number of hydrogen-bond donors (Lipinski definition) is 2. The Morgan fingerprint density at radius 1 is 1.64 bits per heavy atom. The van der Waals surface area contributed by atoms with Crippen molar-refractivity contribution in [3.05, 3.63) is 0 Å². The van der Waals surface area contributed by atoms with Crippen LogP contribution < -0.4 is 5.32 Å². The molecule has 1 rings (SSSR count). The molecule has 1 unspecified atom stereocenters. The fourth-order valence-electron chi connectivity index (χ4n) is 1.42. The highest BCUT2D eigenvalue weighted by Gasteiger charge is 2.24. The fourth-order valence-corrected chi connectivity index (χ4v) is 1.42. The van der Waals surface area contributed by atoms with Gasteiger partial charge >= 0.3 is 5.97 Å². The lowest BCUT2D eigenvalue weighted by Gasteiger charge is -2.23. The second-order valence-electron chi connectivity index (χ2n) is 4.46. The SMILES string of the molecule is CC(C)(O)COC(=O)C1CCCNC1. The summed E-state index contributed by atoms with van der Waals surface area (Å²) < 4.78 is 5.02. The summed E-state index contributed by atoms with van der Waals surface area (Å²) in [6.45, 7) is 5.00. The number of nitrogens with one attached hydrogen (secondary N) is 1. The normalized spacial score (nSPS) is 23.2. The largest absolute Gasteiger partial charge is 0.462 e. The zero-order valence-corrected chi connectivity index (χ0v) is 8.88. The number of carbonyl (C=O) groups is 1. The van der Waals surface area contributed by atoms with Gasteiger partial charge in [-0.15, -0.1) is 0 Å². The van der Waals surface area contributed by atoms with E-state index in [1.807, 2.05) is 0 Å². The highest BCUT2D eigenvalue weighted by molar-refractivity contribution is 5.72. The quantitative estimate of drug-likeness (QED) is 0.645. The van der Waals surface area contributed by atoms with Crippen LogP contribution in [0.15, 0.2) is 0 Å². The molecule has 0 aromatic heterocycles. The van der Waals surface area contributed by atoms with Crippen LogP contribution in [0.4, 0.5) is 0 Å². The summed E-state index contributed by atoms with van der Waals surface area (Å²) >= 11 is 0. The third kappa shape index (κ3) is 4.07. The van der Waals surface area contributed by atoms with Crippen molar-refractivity contribution in [3.8, 4) is 0 Å². The molecule has 0 aliphatic carbocycles. The molecule has 0 aromatic carbocycles. The summed E-state index contributed by atoms with van der Waals surface area (Å²) in [4.78, 5) is 11.5. The Hall–Kier alpha value is -0.610. The van der Waals surface area contributed by atoms with Crippen LogP contribution in [0.2, 0.25) is 0 Å². The van der Waals surface area contributed by atoms with E-state index in [1.165, 1.54) is 0 Å². The first-order valence-corrected chi connectivity index (χ1v) is 5.09. The Bertz CT molecular complexity index is 192. The maximum atomic E-state index is 11.5. The van der Waals surface area contributed by atoms with Crippen molar-refractivity contribution in [2.24, 2.45) is 5.92 Å². The molecule has 0 saturated carbocycles. The van der Waals surface area contributed by atoms with Crippen molar-refractivity contribution >= 4 is 5.97 Å². The number of ether oxygens (including phenoxy) is 1. The third-order valence-electron chi connectivity index (χ3n) is 2.20. The van der Waals surface area contributed by atoms with Crippen LogP contribution >= 0.6 is 0 Å². The minimum Gasteiger partial charge on any atom is -0.462 e. The number of piperidine rings is 1. The topological polar surface area (TPSA) is 58.6 Å². The van der Waals surface area contributed by atoms with Crippen LogP contribution in [0.3, 0.4) is 0 Å². The lowest BCUT2D eigenvalue weighted by Crippen LogP contribution is -2.37. The predicted octanol–water partition coefficient (Wildman–Crippen LogP) is 0.300. The zero-order chi connectivity index (χ0) is 10.6. The van der Waals surface area contributed by atoms with E-state index >= 15 is 0 Å². The van der Waals surface area contributed by atoms with Crippen molar-refractivity contribution in [1.82, 2.24) is 5.32 Å². The first-order valence-electron chi connectivity index (χ1n) is 5.09. The number of carbonyl (C=O) groups excluding carboxylic acids is 1. The molecule has 1 aliphatic heterocycles. The molecular weight excluding hydrogens is 182 g/mol. The fraction of sp³-hybridized carbons (Fsp3) is 0.900. The monoisotopic (exact) mass is 201 g/mol. The minimum atomic E-state index is -0.933.